The Morgan fingerprint density at radius 1 is 0.523 bits per heavy atom. The first-order valence-corrected chi connectivity index (χ1v) is 18.5. The van der Waals surface area contributed by atoms with E-state index in [2.05, 4.69) is 38.1 Å². The first-order chi connectivity index (χ1) is 21.4. The summed E-state index contributed by atoms with van der Waals surface area (Å²) in [5, 5.41) is 0. The predicted molar refractivity (Wildman–Crippen MR) is 183 cm³/mol. The molecule has 0 bridgehead atoms. The van der Waals surface area contributed by atoms with Crippen molar-refractivity contribution in [2.45, 2.75) is 65.2 Å². The van der Waals surface area contributed by atoms with Crippen LogP contribution >= 0.6 is 45.3 Å². The van der Waals surface area contributed by atoms with Crippen LogP contribution < -0.4 is 0 Å². The Balaban J connectivity index is 1.08. The first-order valence-electron chi connectivity index (χ1n) is 15.3. The fourth-order valence-electron chi connectivity index (χ4n) is 5.49. The van der Waals surface area contributed by atoms with Crippen molar-refractivity contribution in [3.05, 3.63) is 67.0 Å². The van der Waals surface area contributed by atoms with Crippen molar-refractivity contribution >= 4 is 81.1 Å². The molecule has 6 heterocycles. The Bertz CT molecular complexity index is 1560. The topological polar surface area (TPSA) is 74.8 Å². The molecule has 0 aromatic carbocycles. The fourth-order valence-corrected chi connectivity index (χ4v) is 9.68. The van der Waals surface area contributed by atoms with Crippen molar-refractivity contribution in [3.63, 3.8) is 0 Å². The molecule has 44 heavy (non-hydrogen) atoms. The average Bonchev–Trinajstić information content (AvgIpc) is 3.85. The molecular weight excluding hydrogens is 629 g/mol. The van der Waals surface area contributed by atoms with E-state index >= 15 is 0 Å². The minimum Gasteiger partial charge on any atom is -0.274 e. The van der Waals surface area contributed by atoms with Gasteiger partial charge in [0.05, 0.1) is 11.1 Å². The van der Waals surface area contributed by atoms with Gasteiger partial charge in [0.15, 0.2) is 0 Å². The van der Waals surface area contributed by atoms with Crippen LogP contribution in [0, 0.1) is 0 Å². The van der Waals surface area contributed by atoms with Crippen molar-refractivity contribution in [2.75, 3.05) is 13.1 Å². The number of thiophene rings is 4. The zero-order valence-electron chi connectivity index (χ0n) is 24.9. The number of unbranched alkanes of at least 4 members (excludes halogenated alkanes) is 6. The van der Waals surface area contributed by atoms with Crippen molar-refractivity contribution in [2.24, 2.45) is 0 Å². The van der Waals surface area contributed by atoms with Crippen molar-refractivity contribution in [1.82, 2.24) is 9.80 Å². The molecule has 6 rings (SSSR count). The van der Waals surface area contributed by atoms with Gasteiger partial charge >= 0.3 is 0 Å². The second-order valence-electron chi connectivity index (χ2n) is 11.1. The second-order valence-corrected chi connectivity index (χ2v) is 15.4. The van der Waals surface area contributed by atoms with Gasteiger partial charge in [0.25, 0.3) is 23.6 Å². The molecule has 0 radical (unpaired) electrons. The third kappa shape index (κ3) is 6.05. The SMILES string of the molecule is CCCCCCN1C(=O)c2cc(-c3ccc(C=Cc4ccc(-c5cc6c(s5)C(=O)N(CCCCCC)C6=O)s4)s3)sc2C1=O. The van der Waals surface area contributed by atoms with E-state index in [4.69, 9.17) is 0 Å². The number of imide groups is 2. The number of amides is 4. The largest absolute Gasteiger partial charge is 0.274 e. The Labute approximate surface area is 273 Å². The van der Waals surface area contributed by atoms with Crippen LogP contribution in [0.2, 0.25) is 0 Å². The van der Waals surface area contributed by atoms with Crippen LogP contribution in [0.4, 0.5) is 0 Å². The summed E-state index contributed by atoms with van der Waals surface area (Å²) in [4.78, 5) is 61.6. The molecule has 0 spiro atoms. The summed E-state index contributed by atoms with van der Waals surface area (Å²) < 4.78 is 0. The number of carbonyl (C=O) groups is 4. The molecule has 6 nitrogen and oxygen atoms in total. The van der Waals surface area contributed by atoms with E-state index in [1.807, 2.05) is 24.3 Å². The summed E-state index contributed by atoms with van der Waals surface area (Å²) in [5.74, 6) is -0.656. The van der Waals surface area contributed by atoms with Crippen LogP contribution in [-0.4, -0.2) is 46.5 Å². The maximum atomic E-state index is 12.9. The van der Waals surface area contributed by atoms with E-state index in [1.165, 1.54) is 32.5 Å². The Kier molecular flexibility index (Phi) is 9.42. The molecule has 0 fully saturated rings. The van der Waals surface area contributed by atoms with E-state index in [0.717, 1.165) is 80.6 Å². The monoisotopic (exact) mass is 662 g/mol. The van der Waals surface area contributed by atoms with Crippen LogP contribution in [0.5, 0.6) is 0 Å². The molecule has 0 saturated heterocycles. The van der Waals surface area contributed by atoms with Crippen molar-refractivity contribution in [3.8, 4) is 19.5 Å². The van der Waals surface area contributed by atoms with E-state index < -0.39 is 0 Å². The maximum Gasteiger partial charge on any atom is 0.271 e. The minimum atomic E-state index is -0.168. The lowest BCUT2D eigenvalue weighted by molar-refractivity contribution is 0.0637. The summed E-state index contributed by atoms with van der Waals surface area (Å²) in [5.41, 5.74) is 1.06. The number of nitrogens with zero attached hydrogens (tertiary/aromatic N) is 2. The molecule has 4 aromatic heterocycles. The molecule has 4 amide bonds. The lowest BCUT2D eigenvalue weighted by atomic mass is 10.2. The predicted octanol–water partition coefficient (Wildman–Crippen LogP) is 9.79. The Morgan fingerprint density at radius 3 is 1.34 bits per heavy atom. The standard InChI is InChI=1S/C34H34N2O4S4/c1-3-5-7-9-17-35-31(37)23-19-27(43-29(23)33(35)39)25-15-13-21(41-25)11-12-22-14-16-26(42-22)28-20-24-30(44-28)34(40)36(32(24)38)18-10-8-6-4-2/h11-16,19-20H,3-10,17-18H2,1-2H3. The zero-order valence-corrected chi connectivity index (χ0v) is 28.1. The number of hydrogen-bond acceptors (Lipinski definition) is 8. The summed E-state index contributed by atoms with van der Waals surface area (Å²) in [6.45, 7) is 5.28. The van der Waals surface area contributed by atoms with E-state index in [9.17, 15) is 19.2 Å². The highest BCUT2D eigenvalue weighted by Crippen LogP contribution is 2.42. The number of carbonyl (C=O) groups excluding carboxylic acids is 4. The molecule has 0 atom stereocenters. The zero-order chi connectivity index (χ0) is 30.8. The van der Waals surface area contributed by atoms with Crippen LogP contribution in [0.3, 0.4) is 0 Å². The van der Waals surface area contributed by atoms with Gasteiger partial charge in [-0.2, -0.15) is 0 Å². The quantitative estimate of drug-likeness (QED) is 0.0995. The Hall–Kier alpha value is -3.18. The van der Waals surface area contributed by atoms with Crippen molar-refractivity contribution in [1.29, 1.82) is 0 Å². The van der Waals surface area contributed by atoms with Crippen LogP contribution in [-0.2, 0) is 0 Å². The molecule has 4 aromatic rings. The van der Waals surface area contributed by atoms with Gasteiger partial charge in [-0.1, -0.05) is 52.4 Å². The average molecular weight is 663 g/mol. The molecule has 0 aliphatic carbocycles. The normalized spacial score (nSPS) is 14.6. The summed E-state index contributed by atoms with van der Waals surface area (Å²) in [6, 6.07) is 11.9. The van der Waals surface area contributed by atoms with Crippen LogP contribution in [0.15, 0.2) is 36.4 Å². The minimum absolute atomic E-state index is 0.160. The highest BCUT2D eigenvalue weighted by molar-refractivity contribution is 7.24. The van der Waals surface area contributed by atoms with Gasteiger partial charge in [0.2, 0.25) is 0 Å². The molecule has 0 N–H and O–H groups in total. The van der Waals surface area contributed by atoms with Gasteiger partial charge in [0.1, 0.15) is 9.75 Å². The third-order valence-corrected chi connectivity index (χ3v) is 12.7. The highest BCUT2D eigenvalue weighted by Gasteiger charge is 2.38. The van der Waals surface area contributed by atoms with E-state index in [1.54, 1.807) is 22.7 Å². The highest BCUT2D eigenvalue weighted by atomic mass is 32.1. The van der Waals surface area contributed by atoms with Gasteiger partial charge in [-0.25, -0.2) is 0 Å². The van der Waals surface area contributed by atoms with Gasteiger partial charge in [-0.05, 0) is 61.4 Å². The second kappa shape index (κ2) is 13.4. The summed E-state index contributed by atoms with van der Waals surface area (Å²) >= 11 is 6.06. The number of hydrogen-bond donors (Lipinski definition) is 0. The van der Waals surface area contributed by atoms with Gasteiger partial charge in [0, 0.05) is 42.4 Å². The molecule has 2 aliphatic heterocycles. The molecule has 0 unspecified atom stereocenters. The first kappa shape index (κ1) is 30.8. The van der Waals surface area contributed by atoms with Gasteiger partial charge < -0.3 is 0 Å². The summed E-state index contributed by atoms with van der Waals surface area (Å²) in [7, 11) is 0. The van der Waals surface area contributed by atoms with Crippen molar-refractivity contribution < 1.29 is 19.2 Å². The van der Waals surface area contributed by atoms with E-state index in [0.29, 0.717) is 34.0 Å². The fraction of sp³-hybridized carbons (Fsp3) is 0.353. The van der Waals surface area contributed by atoms with Gasteiger partial charge in [-0.3, -0.25) is 29.0 Å². The lowest BCUT2D eigenvalue weighted by Crippen LogP contribution is -2.30. The van der Waals surface area contributed by atoms with E-state index in [-0.39, 0.29) is 23.6 Å². The molecule has 0 saturated carbocycles. The summed E-state index contributed by atoms with van der Waals surface area (Å²) in [6.07, 6.45) is 12.4. The molecule has 2 aliphatic rings. The van der Waals surface area contributed by atoms with Gasteiger partial charge in [-0.15, -0.1) is 45.3 Å². The lowest BCUT2D eigenvalue weighted by Gasteiger charge is -2.13. The maximum absolute atomic E-state index is 12.9. The third-order valence-electron chi connectivity index (χ3n) is 7.92. The molecule has 228 valence electrons. The van der Waals surface area contributed by atoms with Crippen LogP contribution in [0.1, 0.15) is 115 Å². The number of rotatable bonds is 14. The smallest absolute Gasteiger partial charge is 0.271 e. The number of fused-ring (bicyclic) bond motifs is 2. The molecular formula is C34H34N2O4S4. The molecule has 10 heteroatoms. The Morgan fingerprint density at radius 2 is 0.955 bits per heavy atom. The van der Waals surface area contributed by atoms with Crippen LogP contribution in [0.25, 0.3) is 31.7 Å².